The van der Waals surface area contributed by atoms with Gasteiger partial charge in [0.1, 0.15) is 10.6 Å². The lowest BCUT2D eigenvalue weighted by atomic mass is 10.2. The predicted octanol–water partition coefficient (Wildman–Crippen LogP) is 6.04. The monoisotopic (exact) mass is 459 g/mol. The Kier molecular flexibility index (Phi) is 4.45. The van der Waals surface area contributed by atoms with Gasteiger partial charge in [0, 0.05) is 15.8 Å². The maximum atomic E-state index is 12.4. The van der Waals surface area contributed by atoms with Crippen LogP contribution in [0, 0.1) is 0 Å². The average Bonchev–Trinajstić information content (AvgIpc) is 2.82. The number of carbonyl (C=O) groups excluding carboxylic acids is 1. The van der Waals surface area contributed by atoms with Gasteiger partial charge in [-0.25, -0.2) is 0 Å². The van der Waals surface area contributed by atoms with E-state index in [4.69, 9.17) is 11.6 Å². The third-order valence-corrected chi connectivity index (χ3v) is 5.90. The zero-order valence-corrected chi connectivity index (χ0v) is 15.6. The van der Waals surface area contributed by atoms with Crippen LogP contribution in [0.25, 0.3) is 10.1 Å². The molecule has 1 aromatic heterocycles. The minimum atomic E-state index is -0.282. The fourth-order valence-electron chi connectivity index (χ4n) is 1.99. The number of thiophene rings is 1. The number of fused-ring (bicyclic) bond motifs is 1. The van der Waals surface area contributed by atoms with E-state index in [1.807, 2.05) is 24.3 Å². The fraction of sp³-hybridized carbons (Fsp3) is 0. The predicted molar refractivity (Wildman–Crippen MR) is 98.3 cm³/mol. The molecule has 0 aliphatic rings. The SMILES string of the molecule is O=C(Nc1cc(Br)c(O)c(Br)c1)c1sc2ccccc2c1Cl. The third kappa shape index (κ3) is 2.88. The van der Waals surface area contributed by atoms with Crippen LogP contribution in [0.4, 0.5) is 5.69 Å². The zero-order valence-electron chi connectivity index (χ0n) is 10.9. The molecule has 0 saturated carbocycles. The van der Waals surface area contributed by atoms with Gasteiger partial charge in [0.25, 0.3) is 5.91 Å². The van der Waals surface area contributed by atoms with E-state index < -0.39 is 0 Å². The molecule has 0 aliphatic carbocycles. The van der Waals surface area contributed by atoms with Gasteiger partial charge in [0.15, 0.2) is 0 Å². The highest BCUT2D eigenvalue weighted by Gasteiger charge is 2.17. The number of phenols is 1. The van der Waals surface area contributed by atoms with Gasteiger partial charge in [-0.1, -0.05) is 29.8 Å². The van der Waals surface area contributed by atoms with Gasteiger partial charge in [0.05, 0.1) is 14.0 Å². The van der Waals surface area contributed by atoms with Gasteiger partial charge >= 0.3 is 0 Å². The van der Waals surface area contributed by atoms with Crippen molar-refractivity contribution < 1.29 is 9.90 Å². The minimum Gasteiger partial charge on any atom is -0.506 e. The Morgan fingerprint density at radius 2 is 1.82 bits per heavy atom. The molecule has 112 valence electrons. The summed E-state index contributed by atoms with van der Waals surface area (Å²) in [5.74, 6) is -0.200. The van der Waals surface area contributed by atoms with Crippen LogP contribution in [0.2, 0.25) is 5.02 Å². The van der Waals surface area contributed by atoms with Crippen molar-refractivity contribution in [1.29, 1.82) is 0 Å². The second-order valence-electron chi connectivity index (χ2n) is 4.48. The van der Waals surface area contributed by atoms with Gasteiger partial charge in [-0.15, -0.1) is 11.3 Å². The number of halogens is 3. The summed E-state index contributed by atoms with van der Waals surface area (Å²) in [5, 5.41) is 13.8. The van der Waals surface area contributed by atoms with Crippen LogP contribution in [-0.2, 0) is 0 Å². The van der Waals surface area contributed by atoms with E-state index in [0.29, 0.717) is 24.5 Å². The van der Waals surface area contributed by atoms with Gasteiger partial charge in [0.2, 0.25) is 0 Å². The number of nitrogens with one attached hydrogen (secondary N) is 1. The van der Waals surface area contributed by atoms with Crippen LogP contribution in [0.15, 0.2) is 45.3 Å². The summed E-state index contributed by atoms with van der Waals surface area (Å²) in [7, 11) is 0. The summed E-state index contributed by atoms with van der Waals surface area (Å²) in [6.45, 7) is 0. The van der Waals surface area contributed by atoms with E-state index in [1.54, 1.807) is 12.1 Å². The molecule has 0 fully saturated rings. The molecule has 0 atom stereocenters. The van der Waals surface area contributed by atoms with Crippen LogP contribution in [0.5, 0.6) is 5.75 Å². The second kappa shape index (κ2) is 6.20. The molecule has 0 aliphatic heterocycles. The molecule has 3 nitrogen and oxygen atoms in total. The number of hydrogen-bond donors (Lipinski definition) is 2. The van der Waals surface area contributed by atoms with Gasteiger partial charge in [-0.05, 0) is 50.1 Å². The third-order valence-electron chi connectivity index (χ3n) is 3.02. The van der Waals surface area contributed by atoms with Gasteiger partial charge in [-0.2, -0.15) is 0 Å². The summed E-state index contributed by atoms with van der Waals surface area (Å²) >= 11 is 14.1. The maximum Gasteiger partial charge on any atom is 0.267 e. The lowest BCUT2D eigenvalue weighted by molar-refractivity contribution is 0.103. The molecule has 0 radical (unpaired) electrons. The molecule has 0 spiro atoms. The van der Waals surface area contributed by atoms with E-state index in [-0.39, 0.29) is 11.7 Å². The van der Waals surface area contributed by atoms with Crippen molar-refractivity contribution in [3.05, 3.63) is 55.2 Å². The van der Waals surface area contributed by atoms with Crippen LogP contribution in [0.3, 0.4) is 0 Å². The number of benzene rings is 2. The van der Waals surface area contributed by atoms with Crippen molar-refractivity contribution in [3.63, 3.8) is 0 Å². The quantitative estimate of drug-likeness (QED) is 0.457. The molecule has 3 aromatic rings. The molecule has 0 bridgehead atoms. The number of carbonyl (C=O) groups is 1. The van der Waals surface area contributed by atoms with Crippen molar-refractivity contribution >= 4 is 76.5 Å². The lowest BCUT2D eigenvalue weighted by Gasteiger charge is -2.07. The Morgan fingerprint density at radius 1 is 1.18 bits per heavy atom. The van der Waals surface area contributed by atoms with Crippen LogP contribution in [-0.4, -0.2) is 11.0 Å². The van der Waals surface area contributed by atoms with E-state index in [2.05, 4.69) is 37.2 Å². The van der Waals surface area contributed by atoms with Gasteiger partial charge in [-0.3, -0.25) is 4.79 Å². The Morgan fingerprint density at radius 3 is 2.45 bits per heavy atom. The number of rotatable bonds is 2. The first-order valence-electron chi connectivity index (χ1n) is 6.13. The Bertz CT molecular complexity index is 871. The summed E-state index contributed by atoms with van der Waals surface area (Å²) in [6.07, 6.45) is 0. The molecule has 1 heterocycles. The highest BCUT2D eigenvalue weighted by Crippen LogP contribution is 2.37. The van der Waals surface area contributed by atoms with E-state index >= 15 is 0 Å². The van der Waals surface area contributed by atoms with Crippen LogP contribution < -0.4 is 5.32 Å². The highest BCUT2D eigenvalue weighted by atomic mass is 79.9. The molecular weight excluding hydrogens is 453 g/mol. The normalized spacial score (nSPS) is 10.9. The number of amides is 1. The standard InChI is InChI=1S/C15H8Br2ClNO2S/c16-9-5-7(6-10(17)13(9)20)19-15(21)14-12(18)8-3-1-2-4-11(8)22-14/h1-6,20H,(H,19,21). The largest absolute Gasteiger partial charge is 0.506 e. The molecule has 3 rings (SSSR count). The van der Waals surface area contributed by atoms with Gasteiger partial charge < -0.3 is 10.4 Å². The first-order valence-corrected chi connectivity index (χ1v) is 8.92. The van der Waals surface area contributed by atoms with Crippen molar-refractivity contribution in [3.8, 4) is 5.75 Å². The topological polar surface area (TPSA) is 49.3 Å². The first-order chi connectivity index (χ1) is 10.5. The minimum absolute atomic E-state index is 0.0814. The fourth-order valence-corrected chi connectivity index (χ4v) is 4.58. The van der Waals surface area contributed by atoms with E-state index in [9.17, 15) is 9.90 Å². The number of hydrogen-bond acceptors (Lipinski definition) is 3. The molecular formula is C15H8Br2ClNO2S. The molecule has 1 amide bonds. The summed E-state index contributed by atoms with van der Waals surface area (Å²) in [6, 6.07) is 10.9. The Labute approximate surface area is 152 Å². The van der Waals surface area contributed by atoms with Crippen molar-refractivity contribution in [2.45, 2.75) is 0 Å². The zero-order chi connectivity index (χ0) is 15.9. The summed E-state index contributed by atoms with van der Waals surface area (Å²) in [4.78, 5) is 12.9. The van der Waals surface area contributed by atoms with Crippen molar-refractivity contribution in [2.24, 2.45) is 0 Å². The number of phenolic OH excluding ortho intramolecular Hbond substituents is 1. The summed E-state index contributed by atoms with van der Waals surface area (Å²) in [5.41, 5.74) is 0.551. The molecule has 22 heavy (non-hydrogen) atoms. The lowest BCUT2D eigenvalue weighted by Crippen LogP contribution is -2.10. The number of anilines is 1. The van der Waals surface area contributed by atoms with E-state index in [1.165, 1.54) is 11.3 Å². The first kappa shape index (κ1) is 15.8. The number of aromatic hydroxyl groups is 1. The smallest absolute Gasteiger partial charge is 0.267 e. The molecule has 0 unspecified atom stereocenters. The summed E-state index contributed by atoms with van der Waals surface area (Å²) < 4.78 is 1.94. The van der Waals surface area contributed by atoms with Crippen molar-refractivity contribution in [1.82, 2.24) is 0 Å². The van der Waals surface area contributed by atoms with E-state index in [0.717, 1.165) is 10.1 Å². The molecule has 0 saturated heterocycles. The van der Waals surface area contributed by atoms with Crippen LogP contribution >= 0.6 is 54.8 Å². The van der Waals surface area contributed by atoms with Crippen LogP contribution in [0.1, 0.15) is 9.67 Å². The highest BCUT2D eigenvalue weighted by molar-refractivity contribution is 9.11. The second-order valence-corrected chi connectivity index (χ2v) is 7.62. The Balaban J connectivity index is 1.95. The molecule has 2 aromatic carbocycles. The molecule has 7 heteroatoms. The maximum absolute atomic E-state index is 12.4. The molecule has 2 N–H and O–H groups in total. The Hall–Kier alpha value is -1.08. The van der Waals surface area contributed by atoms with Crippen molar-refractivity contribution in [2.75, 3.05) is 5.32 Å². The average molecular weight is 462 g/mol.